The van der Waals surface area contributed by atoms with E-state index in [0.717, 1.165) is 0 Å². The Morgan fingerprint density at radius 1 is 1.27 bits per heavy atom. The first-order valence-corrected chi connectivity index (χ1v) is 5.96. The van der Waals surface area contributed by atoms with Gasteiger partial charge in [-0.05, 0) is 18.6 Å². The van der Waals surface area contributed by atoms with E-state index in [2.05, 4.69) is 0 Å². The zero-order valence-electron chi connectivity index (χ0n) is 7.96. The molecule has 0 saturated carbocycles. The molecular formula is C9H12O5S. The molecule has 0 amide bonds. The normalized spacial score (nSPS) is 11.3. The molecule has 1 aromatic rings. The fraction of sp³-hybridized carbons (Fsp3) is 0.333. The van der Waals surface area contributed by atoms with Gasteiger partial charge in [0.05, 0.1) is 12.4 Å². The molecule has 6 heteroatoms. The summed E-state index contributed by atoms with van der Waals surface area (Å²) in [6, 6.07) is 6.39. The number of hydrogen-bond donors (Lipinski definition) is 2. The van der Waals surface area contributed by atoms with Crippen molar-refractivity contribution in [3.05, 3.63) is 24.3 Å². The van der Waals surface area contributed by atoms with Crippen LogP contribution in [0.1, 0.15) is 6.42 Å². The summed E-state index contributed by atoms with van der Waals surface area (Å²) in [6.45, 7) is 0.122. The highest BCUT2D eigenvalue weighted by Crippen LogP contribution is 2.24. The highest BCUT2D eigenvalue weighted by molar-refractivity contribution is 7.85. The van der Waals surface area contributed by atoms with Gasteiger partial charge in [0.1, 0.15) is 0 Å². The number of hydrogen-bond acceptors (Lipinski definition) is 4. The number of phenols is 1. The third-order valence-corrected chi connectivity index (χ3v) is 2.47. The Hall–Kier alpha value is -1.27. The Balaban J connectivity index is 2.36. The van der Waals surface area contributed by atoms with E-state index in [1.807, 2.05) is 0 Å². The van der Waals surface area contributed by atoms with Crippen molar-refractivity contribution < 1.29 is 22.8 Å². The van der Waals surface area contributed by atoms with Gasteiger partial charge in [0, 0.05) is 0 Å². The topological polar surface area (TPSA) is 83.8 Å². The van der Waals surface area contributed by atoms with Gasteiger partial charge in [-0.3, -0.25) is 4.55 Å². The summed E-state index contributed by atoms with van der Waals surface area (Å²) < 4.78 is 34.3. The Kier molecular flexibility index (Phi) is 3.93. The molecule has 0 aromatic heterocycles. The van der Waals surface area contributed by atoms with Gasteiger partial charge in [-0.1, -0.05) is 12.1 Å². The van der Waals surface area contributed by atoms with Crippen LogP contribution in [0.5, 0.6) is 11.5 Å². The number of benzene rings is 1. The van der Waals surface area contributed by atoms with Crippen LogP contribution < -0.4 is 4.74 Å². The first kappa shape index (κ1) is 11.8. The Morgan fingerprint density at radius 2 is 1.93 bits per heavy atom. The summed E-state index contributed by atoms with van der Waals surface area (Å²) >= 11 is 0. The van der Waals surface area contributed by atoms with Gasteiger partial charge in [0.15, 0.2) is 11.5 Å². The Morgan fingerprint density at radius 3 is 2.53 bits per heavy atom. The van der Waals surface area contributed by atoms with Crippen LogP contribution in [0.3, 0.4) is 0 Å². The minimum absolute atomic E-state index is 0.00403. The molecular weight excluding hydrogens is 220 g/mol. The van der Waals surface area contributed by atoms with Crippen LogP contribution in [0.4, 0.5) is 0 Å². The maximum Gasteiger partial charge on any atom is 0.264 e. The molecule has 0 atom stereocenters. The van der Waals surface area contributed by atoms with E-state index in [0.29, 0.717) is 5.75 Å². The number of para-hydroxylation sites is 2. The monoisotopic (exact) mass is 232 g/mol. The molecule has 1 aromatic carbocycles. The molecule has 0 unspecified atom stereocenters. The fourth-order valence-corrected chi connectivity index (χ4v) is 1.49. The van der Waals surface area contributed by atoms with Crippen LogP contribution in [0.25, 0.3) is 0 Å². The van der Waals surface area contributed by atoms with Gasteiger partial charge in [0.25, 0.3) is 10.1 Å². The predicted molar refractivity (Wildman–Crippen MR) is 54.6 cm³/mol. The molecule has 15 heavy (non-hydrogen) atoms. The highest BCUT2D eigenvalue weighted by atomic mass is 32.2. The summed E-state index contributed by atoms with van der Waals surface area (Å²) in [6.07, 6.45) is 0.174. The molecule has 0 bridgehead atoms. The standard InChI is InChI=1S/C9H12O5S/c10-8-4-1-2-5-9(8)14-6-3-7-15(11,12)13/h1-2,4-5,10H,3,6-7H2,(H,11,12,13). The van der Waals surface area contributed by atoms with Gasteiger partial charge in [-0.25, -0.2) is 0 Å². The molecule has 0 aliphatic heterocycles. The molecule has 0 fully saturated rings. The summed E-state index contributed by atoms with van der Waals surface area (Å²) in [5, 5.41) is 9.28. The number of rotatable bonds is 5. The maximum absolute atomic E-state index is 10.4. The summed E-state index contributed by atoms with van der Waals surface area (Å²) in [5.41, 5.74) is 0. The maximum atomic E-state index is 10.4. The van der Waals surface area contributed by atoms with Crippen LogP contribution in [0.15, 0.2) is 24.3 Å². The van der Waals surface area contributed by atoms with Crippen LogP contribution >= 0.6 is 0 Å². The van der Waals surface area contributed by atoms with E-state index in [-0.39, 0.29) is 24.5 Å². The fourth-order valence-electron chi connectivity index (χ4n) is 1.00. The molecule has 0 saturated heterocycles. The van der Waals surface area contributed by atoms with Crippen LogP contribution in [0.2, 0.25) is 0 Å². The third kappa shape index (κ3) is 4.66. The molecule has 2 N–H and O–H groups in total. The average Bonchev–Trinajstić information content (AvgIpc) is 2.13. The van der Waals surface area contributed by atoms with E-state index in [9.17, 15) is 13.5 Å². The summed E-state index contributed by atoms with van der Waals surface area (Å²) in [4.78, 5) is 0. The van der Waals surface area contributed by atoms with Crippen molar-refractivity contribution >= 4 is 10.1 Å². The Labute approximate surface area is 88.1 Å². The molecule has 0 aliphatic rings. The number of phenolic OH excluding ortho intramolecular Hbond substituents is 1. The second-order valence-corrected chi connectivity index (χ2v) is 4.53. The summed E-state index contributed by atoms with van der Waals surface area (Å²) in [7, 11) is -3.93. The lowest BCUT2D eigenvalue weighted by Crippen LogP contribution is -2.08. The van der Waals surface area contributed by atoms with Crippen LogP contribution in [-0.2, 0) is 10.1 Å². The molecule has 84 valence electrons. The quantitative estimate of drug-likeness (QED) is 0.585. The SMILES string of the molecule is O=S(=O)(O)CCCOc1ccccc1O. The minimum atomic E-state index is -3.93. The molecule has 0 aliphatic carbocycles. The van der Waals surface area contributed by atoms with Gasteiger partial charge in [-0.2, -0.15) is 8.42 Å². The van der Waals surface area contributed by atoms with Crippen molar-refractivity contribution in [2.75, 3.05) is 12.4 Å². The lowest BCUT2D eigenvalue weighted by atomic mass is 10.3. The van der Waals surface area contributed by atoms with E-state index >= 15 is 0 Å². The van der Waals surface area contributed by atoms with Crippen molar-refractivity contribution in [1.29, 1.82) is 0 Å². The number of ether oxygens (including phenoxy) is 1. The van der Waals surface area contributed by atoms with Gasteiger partial charge >= 0.3 is 0 Å². The summed E-state index contributed by atoms with van der Waals surface area (Å²) in [5.74, 6) is -0.0437. The first-order chi connectivity index (χ1) is 6.99. The Bertz CT molecular complexity index is 412. The first-order valence-electron chi connectivity index (χ1n) is 4.35. The average molecular weight is 232 g/mol. The molecule has 0 spiro atoms. The van der Waals surface area contributed by atoms with Crippen LogP contribution in [0, 0.1) is 0 Å². The van der Waals surface area contributed by atoms with E-state index < -0.39 is 10.1 Å². The van der Waals surface area contributed by atoms with E-state index in [1.165, 1.54) is 6.07 Å². The minimum Gasteiger partial charge on any atom is -0.504 e. The largest absolute Gasteiger partial charge is 0.504 e. The van der Waals surface area contributed by atoms with Crippen molar-refractivity contribution in [2.24, 2.45) is 0 Å². The second-order valence-electron chi connectivity index (χ2n) is 2.96. The van der Waals surface area contributed by atoms with Crippen molar-refractivity contribution in [3.63, 3.8) is 0 Å². The zero-order valence-corrected chi connectivity index (χ0v) is 8.77. The molecule has 5 nitrogen and oxygen atoms in total. The van der Waals surface area contributed by atoms with Gasteiger partial charge in [-0.15, -0.1) is 0 Å². The van der Waals surface area contributed by atoms with Crippen molar-refractivity contribution in [3.8, 4) is 11.5 Å². The van der Waals surface area contributed by atoms with Gasteiger partial charge < -0.3 is 9.84 Å². The lowest BCUT2D eigenvalue weighted by molar-refractivity contribution is 0.298. The molecule has 0 radical (unpaired) electrons. The molecule has 0 heterocycles. The van der Waals surface area contributed by atoms with E-state index in [1.54, 1.807) is 18.2 Å². The number of aromatic hydroxyl groups is 1. The predicted octanol–water partition coefficient (Wildman–Crippen LogP) is 1.05. The lowest BCUT2D eigenvalue weighted by Gasteiger charge is -2.06. The van der Waals surface area contributed by atoms with Crippen LogP contribution in [-0.4, -0.2) is 30.4 Å². The zero-order chi connectivity index (χ0) is 11.3. The third-order valence-electron chi connectivity index (χ3n) is 1.67. The molecule has 1 rings (SSSR count). The highest BCUT2D eigenvalue weighted by Gasteiger charge is 2.05. The second kappa shape index (κ2) is 4.99. The van der Waals surface area contributed by atoms with Crippen molar-refractivity contribution in [1.82, 2.24) is 0 Å². The van der Waals surface area contributed by atoms with E-state index in [4.69, 9.17) is 9.29 Å². The van der Waals surface area contributed by atoms with Gasteiger partial charge in [0.2, 0.25) is 0 Å². The smallest absolute Gasteiger partial charge is 0.264 e. The van der Waals surface area contributed by atoms with Crippen molar-refractivity contribution in [2.45, 2.75) is 6.42 Å².